The first kappa shape index (κ1) is 30.3. The van der Waals surface area contributed by atoms with E-state index in [1.807, 2.05) is 12.1 Å². The Labute approximate surface area is 255 Å². The van der Waals surface area contributed by atoms with Gasteiger partial charge in [0.05, 0.1) is 37.3 Å². The third kappa shape index (κ3) is 6.58. The van der Waals surface area contributed by atoms with Gasteiger partial charge in [-0.1, -0.05) is 66.9 Å². The van der Waals surface area contributed by atoms with Crippen molar-refractivity contribution in [2.75, 3.05) is 7.11 Å². The zero-order valence-electron chi connectivity index (χ0n) is 24.0. The van der Waals surface area contributed by atoms with Crippen molar-refractivity contribution in [3.8, 4) is 0 Å². The maximum Gasteiger partial charge on any atom is 0.337 e. The summed E-state index contributed by atoms with van der Waals surface area (Å²) in [5, 5.41) is 3.59. The fraction of sp³-hybridized carbons (Fsp3) is 0.333. The van der Waals surface area contributed by atoms with Crippen molar-refractivity contribution in [3.63, 3.8) is 0 Å². The van der Waals surface area contributed by atoms with Crippen molar-refractivity contribution in [1.29, 1.82) is 0 Å². The van der Waals surface area contributed by atoms with E-state index >= 15 is 0 Å². The molecule has 1 saturated carbocycles. The van der Waals surface area contributed by atoms with E-state index in [9.17, 15) is 19.2 Å². The van der Waals surface area contributed by atoms with Crippen molar-refractivity contribution in [2.45, 2.75) is 63.3 Å². The van der Waals surface area contributed by atoms with Gasteiger partial charge in [0.15, 0.2) is 0 Å². The number of carbonyl (C=O) groups is 4. The number of halogens is 1. The number of benzene rings is 3. The zero-order chi connectivity index (χ0) is 30.5. The van der Waals surface area contributed by atoms with Gasteiger partial charge in [-0.25, -0.2) is 10.3 Å². The number of nitrogens with one attached hydrogen (secondary N) is 2. The minimum absolute atomic E-state index is 0.00638. The third-order valence-corrected chi connectivity index (χ3v) is 8.36. The molecule has 2 N–H and O–H groups in total. The average Bonchev–Trinajstić information content (AvgIpc) is 3.01. The zero-order valence-corrected chi connectivity index (χ0v) is 24.8. The Morgan fingerprint density at radius 3 is 2.47 bits per heavy atom. The van der Waals surface area contributed by atoms with E-state index in [4.69, 9.17) is 21.2 Å². The van der Waals surface area contributed by atoms with Crippen molar-refractivity contribution < 1.29 is 28.8 Å². The molecule has 0 unspecified atom stereocenters. The lowest BCUT2D eigenvalue weighted by molar-refractivity contribution is -0.138. The van der Waals surface area contributed by atoms with Crippen LogP contribution < -0.4 is 10.8 Å². The lowest BCUT2D eigenvalue weighted by Crippen LogP contribution is -2.59. The number of hydrogen-bond acceptors (Lipinski definition) is 6. The molecule has 1 aliphatic carbocycles. The van der Waals surface area contributed by atoms with Crippen LogP contribution in [0.25, 0.3) is 0 Å². The summed E-state index contributed by atoms with van der Waals surface area (Å²) in [4.78, 5) is 59.9. The molecule has 0 aromatic heterocycles. The molecule has 43 heavy (non-hydrogen) atoms. The lowest BCUT2D eigenvalue weighted by Gasteiger charge is -2.49. The maximum absolute atomic E-state index is 14.3. The molecule has 4 atom stereocenters. The van der Waals surface area contributed by atoms with Crippen LogP contribution in [0.4, 0.5) is 0 Å². The number of carbonyl (C=O) groups excluding carboxylic acids is 4. The number of hydrogen-bond donors (Lipinski definition) is 2. The number of ether oxygens (including phenoxy) is 1. The Balaban J connectivity index is 1.51. The molecule has 3 amide bonds. The van der Waals surface area contributed by atoms with Gasteiger partial charge in [-0.05, 0) is 59.9 Å². The first-order chi connectivity index (χ1) is 20.8. The van der Waals surface area contributed by atoms with E-state index in [1.54, 1.807) is 65.6 Å². The van der Waals surface area contributed by atoms with E-state index in [0.717, 1.165) is 24.8 Å². The fourth-order valence-electron chi connectivity index (χ4n) is 6.25. The van der Waals surface area contributed by atoms with Gasteiger partial charge in [-0.15, -0.1) is 0 Å². The minimum atomic E-state index is -0.823. The van der Waals surface area contributed by atoms with Crippen LogP contribution in [-0.4, -0.2) is 47.8 Å². The molecule has 2 aliphatic rings. The summed E-state index contributed by atoms with van der Waals surface area (Å²) >= 11 is 6.24. The number of methoxy groups -OCH3 is 1. The predicted molar refractivity (Wildman–Crippen MR) is 160 cm³/mol. The fourth-order valence-corrected chi connectivity index (χ4v) is 6.37. The van der Waals surface area contributed by atoms with Gasteiger partial charge in [0.25, 0.3) is 11.8 Å². The van der Waals surface area contributed by atoms with Crippen LogP contribution in [0, 0.1) is 0 Å². The Hall–Kier alpha value is -4.21. The topological polar surface area (TPSA) is 114 Å². The SMILES string of the molecule is COC(=O)c1cccc(CONC(=O)[C@@H]2c3ccccc3C(=O)N([C@H]3CCCC[C@@H]3NC(C)=O)[C@H]2c2ccc(Cl)cc2)c1. The van der Waals surface area contributed by atoms with Crippen molar-refractivity contribution in [3.05, 3.63) is 106 Å². The molecule has 0 radical (unpaired) electrons. The molecular weight excluding hydrogens is 570 g/mol. The Morgan fingerprint density at radius 2 is 1.72 bits per heavy atom. The van der Waals surface area contributed by atoms with Gasteiger partial charge < -0.3 is 15.0 Å². The Bertz CT molecular complexity index is 1510. The van der Waals surface area contributed by atoms with Crippen LogP contribution in [0.15, 0.2) is 72.8 Å². The Morgan fingerprint density at radius 1 is 0.977 bits per heavy atom. The van der Waals surface area contributed by atoms with Gasteiger partial charge in [-0.3, -0.25) is 19.2 Å². The highest BCUT2D eigenvalue weighted by molar-refractivity contribution is 6.30. The van der Waals surface area contributed by atoms with Crippen LogP contribution in [0.1, 0.15) is 82.0 Å². The molecule has 224 valence electrons. The molecule has 10 heteroatoms. The van der Waals surface area contributed by atoms with E-state index < -0.39 is 23.8 Å². The van der Waals surface area contributed by atoms with Gasteiger partial charge >= 0.3 is 5.97 Å². The van der Waals surface area contributed by atoms with Gasteiger partial charge in [0.1, 0.15) is 0 Å². The molecule has 3 aromatic carbocycles. The number of rotatable bonds is 8. The van der Waals surface area contributed by atoms with E-state index in [0.29, 0.717) is 33.7 Å². The van der Waals surface area contributed by atoms with E-state index in [-0.39, 0.29) is 30.5 Å². The van der Waals surface area contributed by atoms with Gasteiger partial charge in [0, 0.05) is 23.6 Å². The molecule has 1 aliphatic heterocycles. The first-order valence-corrected chi connectivity index (χ1v) is 14.7. The van der Waals surface area contributed by atoms with Crippen LogP contribution in [0.2, 0.25) is 5.02 Å². The number of nitrogens with zero attached hydrogens (tertiary/aromatic N) is 1. The Kier molecular flexibility index (Phi) is 9.43. The molecule has 5 rings (SSSR count). The van der Waals surface area contributed by atoms with Crippen molar-refractivity contribution in [1.82, 2.24) is 15.7 Å². The number of amides is 3. The third-order valence-electron chi connectivity index (χ3n) is 8.11. The quantitative estimate of drug-likeness (QED) is 0.273. The smallest absolute Gasteiger partial charge is 0.337 e. The second kappa shape index (κ2) is 13.4. The van der Waals surface area contributed by atoms with Crippen LogP contribution in [-0.2, 0) is 25.8 Å². The molecule has 9 nitrogen and oxygen atoms in total. The summed E-state index contributed by atoms with van der Waals surface area (Å²) in [6.07, 6.45) is 3.24. The number of hydroxylamine groups is 1. The molecule has 0 bridgehead atoms. The molecule has 1 heterocycles. The monoisotopic (exact) mass is 603 g/mol. The van der Waals surface area contributed by atoms with Gasteiger partial charge in [0.2, 0.25) is 5.91 Å². The van der Waals surface area contributed by atoms with Gasteiger partial charge in [-0.2, -0.15) is 0 Å². The summed E-state index contributed by atoms with van der Waals surface area (Å²) < 4.78 is 4.79. The summed E-state index contributed by atoms with van der Waals surface area (Å²) in [5.74, 6) is -2.08. The molecule has 0 saturated heterocycles. The van der Waals surface area contributed by atoms with Crippen molar-refractivity contribution >= 4 is 35.3 Å². The summed E-state index contributed by atoms with van der Waals surface area (Å²) in [6.45, 7) is 1.48. The number of esters is 1. The summed E-state index contributed by atoms with van der Waals surface area (Å²) in [6, 6.07) is 19.7. The maximum atomic E-state index is 14.3. The highest BCUT2D eigenvalue weighted by Crippen LogP contribution is 2.46. The van der Waals surface area contributed by atoms with E-state index in [1.165, 1.54) is 14.0 Å². The summed E-state index contributed by atoms with van der Waals surface area (Å²) in [7, 11) is 1.31. The standard InChI is InChI=1S/C33H34ClN3O6/c1-20(38)35-27-12-5-6-13-28(27)37-30(22-14-16-24(34)17-15-22)29(25-10-3-4-11-26(25)32(37)40)31(39)36-43-19-21-8-7-9-23(18-21)33(41)42-2/h3-4,7-11,14-18,27-30H,5-6,12-13,19H2,1-2H3,(H,35,38)(H,36,39)/t27-,28-,29+,30-/m0/s1. The van der Waals surface area contributed by atoms with Crippen LogP contribution in [0.5, 0.6) is 0 Å². The largest absolute Gasteiger partial charge is 0.465 e. The highest BCUT2D eigenvalue weighted by atomic mass is 35.5. The lowest BCUT2D eigenvalue weighted by atomic mass is 9.76. The highest BCUT2D eigenvalue weighted by Gasteiger charge is 2.48. The van der Waals surface area contributed by atoms with Crippen LogP contribution in [0.3, 0.4) is 0 Å². The molecule has 3 aromatic rings. The molecule has 1 fully saturated rings. The van der Waals surface area contributed by atoms with E-state index in [2.05, 4.69) is 10.8 Å². The normalized spacial score (nSPS) is 21.5. The second-order valence-corrected chi connectivity index (χ2v) is 11.3. The molecule has 0 spiro atoms. The number of fused-ring (bicyclic) bond motifs is 1. The molecular formula is C33H34ClN3O6. The predicted octanol–water partition coefficient (Wildman–Crippen LogP) is 5.10. The second-order valence-electron chi connectivity index (χ2n) is 10.9. The average molecular weight is 604 g/mol. The van der Waals surface area contributed by atoms with Crippen LogP contribution >= 0.6 is 11.6 Å². The van der Waals surface area contributed by atoms with Crippen molar-refractivity contribution in [2.24, 2.45) is 0 Å². The first-order valence-electron chi connectivity index (χ1n) is 14.3. The minimum Gasteiger partial charge on any atom is -0.465 e. The summed E-state index contributed by atoms with van der Waals surface area (Å²) in [5.41, 5.74) is 5.41.